The van der Waals surface area contributed by atoms with Crippen molar-refractivity contribution in [3.63, 3.8) is 0 Å². The molecule has 1 saturated heterocycles. The lowest BCUT2D eigenvalue weighted by atomic mass is 10.1. The fraction of sp³-hybridized carbons (Fsp3) is 0.389. The number of nitrogens with one attached hydrogen (secondary N) is 1. The highest BCUT2D eigenvalue weighted by Gasteiger charge is 2.31. The molecule has 6 nitrogen and oxygen atoms in total. The first-order chi connectivity index (χ1) is 13.3. The largest absolute Gasteiger partial charge is 0.507 e. The summed E-state index contributed by atoms with van der Waals surface area (Å²) in [4.78, 5) is 15.3. The highest BCUT2D eigenvalue weighted by molar-refractivity contribution is 7.22. The van der Waals surface area contributed by atoms with Crippen LogP contribution >= 0.6 is 11.3 Å². The SMILES string of the molecule is CN1CCC[C@@H](Nc2nc3nc(-c4ccc(C(F)(F)F)cc4O)ncc3s2)C1. The summed E-state index contributed by atoms with van der Waals surface area (Å²) in [7, 11) is 2.08. The van der Waals surface area contributed by atoms with Crippen LogP contribution in [-0.2, 0) is 6.18 Å². The Kier molecular flexibility index (Phi) is 4.84. The average molecular weight is 409 g/mol. The molecule has 0 spiro atoms. The van der Waals surface area contributed by atoms with Crippen LogP contribution in [0.4, 0.5) is 18.3 Å². The summed E-state index contributed by atoms with van der Waals surface area (Å²) in [6.45, 7) is 2.02. The standard InChI is InChI=1S/C18H18F3N5OS/c1-26-6-2-3-11(9-26)23-17-25-16-14(28-17)8-22-15(24-16)12-5-4-10(7-13(12)27)18(19,20)21/h4-5,7-8,11,27H,2-3,6,9H2,1H3,(H,22,23,24,25)/t11-/m1/s1. The van der Waals surface area contributed by atoms with Crippen LogP contribution < -0.4 is 5.32 Å². The second-order valence-electron chi connectivity index (χ2n) is 6.88. The van der Waals surface area contributed by atoms with Gasteiger partial charge in [-0.25, -0.2) is 9.97 Å². The predicted molar refractivity (Wildman–Crippen MR) is 101 cm³/mol. The van der Waals surface area contributed by atoms with E-state index in [0.717, 1.165) is 41.8 Å². The molecule has 2 N–H and O–H groups in total. The van der Waals surface area contributed by atoms with Crippen LogP contribution in [0.2, 0.25) is 0 Å². The zero-order chi connectivity index (χ0) is 19.9. The van der Waals surface area contributed by atoms with Gasteiger partial charge in [-0.05, 0) is 44.6 Å². The van der Waals surface area contributed by atoms with Gasteiger partial charge < -0.3 is 15.3 Å². The lowest BCUT2D eigenvalue weighted by Crippen LogP contribution is -2.39. The van der Waals surface area contributed by atoms with E-state index in [1.165, 1.54) is 17.4 Å². The number of anilines is 1. The second kappa shape index (κ2) is 7.17. The fourth-order valence-corrected chi connectivity index (χ4v) is 4.14. The Labute approximate surface area is 163 Å². The van der Waals surface area contributed by atoms with E-state index >= 15 is 0 Å². The Morgan fingerprint density at radius 1 is 1.29 bits per heavy atom. The highest BCUT2D eigenvalue weighted by Crippen LogP contribution is 2.36. The van der Waals surface area contributed by atoms with Crippen LogP contribution in [0, 0.1) is 0 Å². The van der Waals surface area contributed by atoms with Crippen molar-refractivity contribution in [1.29, 1.82) is 0 Å². The van der Waals surface area contributed by atoms with Gasteiger partial charge in [0, 0.05) is 12.6 Å². The average Bonchev–Trinajstić information content (AvgIpc) is 3.02. The number of likely N-dealkylation sites (tertiary alicyclic amines) is 1. The number of halogens is 3. The quantitative estimate of drug-likeness (QED) is 0.682. The molecule has 1 atom stereocenters. The number of hydrogen-bond donors (Lipinski definition) is 2. The number of fused-ring (bicyclic) bond motifs is 1. The van der Waals surface area contributed by atoms with Gasteiger partial charge in [0.15, 0.2) is 16.6 Å². The summed E-state index contributed by atoms with van der Waals surface area (Å²) in [6, 6.07) is 3.06. The number of alkyl halides is 3. The third kappa shape index (κ3) is 3.88. The topological polar surface area (TPSA) is 74.2 Å². The number of thiazole rings is 1. The molecule has 1 aliphatic heterocycles. The smallest absolute Gasteiger partial charge is 0.416 e. The molecule has 0 amide bonds. The first-order valence-corrected chi connectivity index (χ1v) is 9.60. The van der Waals surface area contributed by atoms with Crippen LogP contribution in [-0.4, -0.2) is 51.1 Å². The summed E-state index contributed by atoms with van der Waals surface area (Å²) in [5.74, 6) is -0.388. The van der Waals surface area contributed by atoms with Crippen molar-refractivity contribution in [2.45, 2.75) is 25.1 Å². The minimum atomic E-state index is -4.52. The maximum Gasteiger partial charge on any atom is 0.416 e. The number of phenols is 1. The van der Waals surface area contributed by atoms with Crippen LogP contribution in [0.25, 0.3) is 21.7 Å². The molecule has 10 heteroatoms. The van der Waals surface area contributed by atoms with E-state index in [1.54, 1.807) is 6.20 Å². The van der Waals surface area contributed by atoms with E-state index in [0.29, 0.717) is 17.8 Å². The number of likely N-dealkylation sites (N-methyl/N-ethyl adjacent to an activating group) is 1. The molecule has 148 valence electrons. The third-order valence-corrected chi connectivity index (χ3v) is 5.58. The minimum absolute atomic E-state index is 0.131. The third-order valence-electron chi connectivity index (χ3n) is 4.67. The van der Waals surface area contributed by atoms with Gasteiger partial charge in [0.25, 0.3) is 0 Å². The molecule has 28 heavy (non-hydrogen) atoms. The number of rotatable bonds is 3. The van der Waals surface area contributed by atoms with Crippen molar-refractivity contribution >= 4 is 26.8 Å². The summed E-state index contributed by atoms with van der Waals surface area (Å²) >= 11 is 1.43. The number of hydrogen-bond acceptors (Lipinski definition) is 7. The van der Waals surface area contributed by atoms with Gasteiger partial charge in [0.05, 0.1) is 22.0 Å². The molecule has 0 unspecified atom stereocenters. The normalized spacial score (nSPS) is 18.5. The van der Waals surface area contributed by atoms with E-state index in [4.69, 9.17) is 0 Å². The van der Waals surface area contributed by atoms with Crippen LogP contribution in [0.1, 0.15) is 18.4 Å². The lowest BCUT2D eigenvalue weighted by molar-refractivity contribution is -0.137. The van der Waals surface area contributed by atoms with Gasteiger partial charge >= 0.3 is 6.18 Å². The molecular weight excluding hydrogens is 391 g/mol. The molecule has 1 fully saturated rings. The second-order valence-corrected chi connectivity index (χ2v) is 7.91. The molecule has 2 aromatic heterocycles. The molecule has 0 aliphatic carbocycles. The number of benzene rings is 1. The highest BCUT2D eigenvalue weighted by atomic mass is 32.1. The number of piperidine rings is 1. The molecule has 0 radical (unpaired) electrons. The molecule has 1 aromatic carbocycles. The Bertz CT molecular complexity index is 1010. The predicted octanol–water partition coefficient (Wildman–Crippen LogP) is 3.98. The molecule has 1 aliphatic rings. The molecule has 4 rings (SSSR count). The van der Waals surface area contributed by atoms with Crippen molar-refractivity contribution in [2.75, 3.05) is 25.5 Å². The van der Waals surface area contributed by atoms with Gasteiger partial charge in [-0.15, -0.1) is 0 Å². The lowest BCUT2D eigenvalue weighted by Gasteiger charge is -2.29. The van der Waals surface area contributed by atoms with Crippen molar-refractivity contribution in [1.82, 2.24) is 19.9 Å². The number of aromatic nitrogens is 3. The zero-order valence-electron chi connectivity index (χ0n) is 15.0. The maximum atomic E-state index is 12.8. The first-order valence-electron chi connectivity index (χ1n) is 8.79. The Morgan fingerprint density at radius 2 is 2.11 bits per heavy atom. The van der Waals surface area contributed by atoms with Crippen molar-refractivity contribution < 1.29 is 18.3 Å². The van der Waals surface area contributed by atoms with Gasteiger partial charge in [-0.2, -0.15) is 18.2 Å². The van der Waals surface area contributed by atoms with Gasteiger partial charge in [0.2, 0.25) is 0 Å². The maximum absolute atomic E-state index is 12.8. The van der Waals surface area contributed by atoms with Crippen LogP contribution in [0.15, 0.2) is 24.4 Å². The first kappa shape index (κ1) is 18.9. The summed E-state index contributed by atoms with van der Waals surface area (Å²) in [5, 5.41) is 14.2. The Hall–Kier alpha value is -2.46. The number of nitrogens with zero attached hydrogens (tertiary/aromatic N) is 4. The zero-order valence-corrected chi connectivity index (χ0v) is 15.8. The summed E-state index contributed by atoms with van der Waals surface area (Å²) < 4.78 is 39.1. The fourth-order valence-electron chi connectivity index (χ4n) is 3.28. The van der Waals surface area contributed by atoms with E-state index in [-0.39, 0.29) is 11.4 Å². The van der Waals surface area contributed by atoms with Crippen LogP contribution in [0.3, 0.4) is 0 Å². The van der Waals surface area contributed by atoms with Gasteiger partial charge in [-0.3, -0.25) is 0 Å². The monoisotopic (exact) mass is 409 g/mol. The summed E-state index contributed by atoms with van der Waals surface area (Å²) in [6.07, 6.45) is -0.763. The molecule has 3 heterocycles. The molecule has 0 saturated carbocycles. The summed E-state index contributed by atoms with van der Waals surface area (Å²) in [5.41, 5.74) is -0.348. The van der Waals surface area contributed by atoms with E-state index < -0.39 is 17.5 Å². The molecular formula is C18H18F3N5OS. The minimum Gasteiger partial charge on any atom is -0.507 e. The Morgan fingerprint density at radius 3 is 2.82 bits per heavy atom. The van der Waals surface area contributed by atoms with E-state index in [9.17, 15) is 18.3 Å². The van der Waals surface area contributed by atoms with E-state index in [2.05, 4.69) is 32.2 Å². The van der Waals surface area contributed by atoms with Crippen molar-refractivity contribution in [3.8, 4) is 17.1 Å². The number of aromatic hydroxyl groups is 1. The van der Waals surface area contributed by atoms with Crippen LogP contribution in [0.5, 0.6) is 5.75 Å². The van der Waals surface area contributed by atoms with Gasteiger partial charge in [0.1, 0.15) is 5.75 Å². The van der Waals surface area contributed by atoms with Gasteiger partial charge in [-0.1, -0.05) is 11.3 Å². The van der Waals surface area contributed by atoms with Crippen molar-refractivity contribution in [3.05, 3.63) is 30.0 Å². The molecule has 0 bridgehead atoms. The Balaban J connectivity index is 1.60. The van der Waals surface area contributed by atoms with Crippen molar-refractivity contribution in [2.24, 2.45) is 0 Å². The number of phenolic OH excluding ortho intramolecular Hbond substituents is 1. The van der Waals surface area contributed by atoms with E-state index in [1.807, 2.05) is 0 Å². The molecule has 3 aromatic rings.